The van der Waals surface area contributed by atoms with E-state index in [1.807, 2.05) is 20.8 Å². The van der Waals surface area contributed by atoms with Gasteiger partial charge < -0.3 is 14.0 Å². The van der Waals surface area contributed by atoms with Crippen LogP contribution in [0, 0.1) is 18.2 Å². The maximum Gasteiger partial charge on any atom is 0.435 e. The lowest BCUT2D eigenvalue weighted by Crippen LogP contribution is -2.28. The number of Topliss-reactive ketones (excluding diaryl/α,β-unsaturated/α-hetero) is 1. The van der Waals surface area contributed by atoms with Crippen LogP contribution in [-0.4, -0.2) is 43.5 Å². The predicted octanol–water partition coefficient (Wildman–Crippen LogP) is 6.56. The van der Waals surface area contributed by atoms with Gasteiger partial charge in [0.2, 0.25) is 0 Å². The Bertz CT molecular complexity index is 1470. The van der Waals surface area contributed by atoms with Gasteiger partial charge in [0.15, 0.2) is 11.6 Å². The molecular formula is C28H35FN4O5. The van der Waals surface area contributed by atoms with Crippen LogP contribution in [0.1, 0.15) is 83.4 Å². The van der Waals surface area contributed by atoms with Gasteiger partial charge in [-0.1, -0.05) is 13.8 Å². The molecule has 0 bridgehead atoms. The van der Waals surface area contributed by atoms with Crippen molar-refractivity contribution >= 4 is 34.7 Å². The highest BCUT2D eigenvalue weighted by atomic mass is 19.1. The average Bonchev–Trinajstić information content (AvgIpc) is 3.22. The fourth-order valence-corrected chi connectivity index (χ4v) is 4.76. The minimum Gasteiger partial charge on any atom is -0.444 e. The van der Waals surface area contributed by atoms with Crippen LogP contribution in [0.4, 0.5) is 19.8 Å². The van der Waals surface area contributed by atoms with Crippen LogP contribution in [0.5, 0.6) is 0 Å². The third-order valence-corrected chi connectivity index (χ3v) is 6.04. The zero-order valence-electron chi connectivity index (χ0n) is 23.4. The molecule has 0 fully saturated rings. The number of nitrogens with one attached hydrogen (secondary N) is 1. The first-order valence-corrected chi connectivity index (χ1v) is 12.6. The molecule has 1 N–H and O–H groups in total. The molecule has 0 radical (unpaired) electrons. The number of hydrogen-bond donors (Lipinski definition) is 1. The quantitative estimate of drug-likeness (QED) is 0.406. The molecule has 2 aromatic heterocycles. The molecule has 4 rings (SSSR count). The second-order valence-electron chi connectivity index (χ2n) is 12.6. The minimum atomic E-state index is -0.840. The number of anilines is 1. The third kappa shape index (κ3) is 5.44. The van der Waals surface area contributed by atoms with Crippen molar-refractivity contribution in [2.45, 2.75) is 86.4 Å². The summed E-state index contributed by atoms with van der Waals surface area (Å²) >= 11 is 0. The molecule has 9 nitrogen and oxygen atoms in total. The summed E-state index contributed by atoms with van der Waals surface area (Å²) < 4.78 is 29.3. The Balaban J connectivity index is 1.90. The second-order valence-corrected chi connectivity index (χ2v) is 12.6. The first kappa shape index (κ1) is 27.3. The second kappa shape index (κ2) is 8.96. The number of rotatable bonds is 2. The molecule has 10 heteroatoms. The van der Waals surface area contributed by atoms with E-state index in [9.17, 15) is 14.4 Å². The Morgan fingerprint density at radius 2 is 1.68 bits per heavy atom. The zero-order valence-corrected chi connectivity index (χ0v) is 23.4. The number of ketones is 1. The normalized spacial score (nSPS) is 15.4. The van der Waals surface area contributed by atoms with E-state index in [1.54, 1.807) is 58.4 Å². The summed E-state index contributed by atoms with van der Waals surface area (Å²) in [6, 6.07) is 2.90. The Hall–Kier alpha value is -3.69. The van der Waals surface area contributed by atoms with Crippen molar-refractivity contribution < 1.29 is 28.2 Å². The number of hydrogen-bond acceptors (Lipinski definition) is 6. The molecule has 1 aromatic carbocycles. The van der Waals surface area contributed by atoms with Crippen molar-refractivity contribution in [2.75, 3.05) is 5.32 Å². The number of carbonyl (C=O) groups excluding carboxylic acids is 3. The first-order chi connectivity index (χ1) is 17.3. The third-order valence-electron chi connectivity index (χ3n) is 6.04. The fraction of sp³-hybridized carbons (Fsp3) is 0.500. The maximum absolute atomic E-state index is 15.8. The smallest absolute Gasteiger partial charge is 0.435 e. The Morgan fingerprint density at radius 3 is 2.29 bits per heavy atom. The van der Waals surface area contributed by atoms with Gasteiger partial charge in [0.05, 0.1) is 16.6 Å². The van der Waals surface area contributed by atoms with E-state index in [0.717, 1.165) is 15.9 Å². The van der Waals surface area contributed by atoms with Crippen molar-refractivity contribution in [1.82, 2.24) is 14.3 Å². The van der Waals surface area contributed by atoms with Crippen LogP contribution in [0.15, 0.2) is 18.3 Å². The van der Waals surface area contributed by atoms with E-state index in [-0.39, 0.29) is 27.9 Å². The number of aromatic nitrogens is 3. The molecule has 204 valence electrons. The highest BCUT2D eigenvalue weighted by Crippen LogP contribution is 2.39. The molecule has 0 unspecified atom stereocenters. The minimum absolute atomic E-state index is 0.0525. The number of nitrogens with zero attached hydrogens (tertiary/aromatic N) is 3. The van der Waals surface area contributed by atoms with Gasteiger partial charge in [0.25, 0.3) is 0 Å². The summed E-state index contributed by atoms with van der Waals surface area (Å²) in [5, 5.41) is 6.58. The van der Waals surface area contributed by atoms with Gasteiger partial charge in [0, 0.05) is 23.9 Å². The van der Waals surface area contributed by atoms with Gasteiger partial charge in [-0.25, -0.2) is 14.0 Å². The van der Waals surface area contributed by atoms with Crippen LogP contribution >= 0.6 is 0 Å². The van der Waals surface area contributed by atoms with E-state index in [1.165, 1.54) is 6.07 Å². The molecule has 1 aliphatic rings. The Morgan fingerprint density at radius 1 is 1.05 bits per heavy atom. The molecule has 1 amide bonds. The molecular weight excluding hydrogens is 491 g/mol. The predicted molar refractivity (Wildman–Crippen MR) is 142 cm³/mol. The molecule has 2 heterocycles. The standard InChI is InChI=1S/C28H35FN4O5/c1-15-14-32(19-12-28(8,9)13-20(34)21(15)19)16-10-17(29)22-18(11-16)33(25(36)38-27(5,6)7)31-23(22)30-24(35)37-26(2,3)4/h10-11,14H,12-13H2,1-9H3,(H,30,31,35). The number of carbonyl (C=O) groups is 3. The lowest BCUT2D eigenvalue weighted by Gasteiger charge is -2.30. The van der Waals surface area contributed by atoms with Gasteiger partial charge in [-0.2, -0.15) is 4.68 Å². The summed E-state index contributed by atoms with van der Waals surface area (Å²) in [5.41, 5.74) is 0.866. The lowest BCUT2D eigenvalue weighted by atomic mass is 9.75. The van der Waals surface area contributed by atoms with Gasteiger partial charge >= 0.3 is 12.2 Å². The molecule has 0 spiro atoms. The van der Waals surface area contributed by atoms with Crippen LogP contribution in [0.2, 0.25) is 0 Å². The molecule has 38 heavy (non-hydrogen) atoms. The van der Waals surface area contributed by atoms with E-state index in [0.29, 0.717) is 24.1 Å². The van der Waals surface area contributed by atoms with Gasteiger partial charge in [0.1, 0.15) is 17.0 Å². The lowest BCUT2D eigenvalue weighted by molar-refractivity contribution is 0.0519. The topological polar surface area (TPSA) is 104 Å². The van der Waals surface area contributed by atoms with Crippen LogP contribution in [0.25, 0.3) is 16.6 Å². The van der Waals surface area contributed by atoms with Gasteiger partial charge in [-0.05, 0) is 78.0 Å². The summed E-state index contributed by atoms with van der Waals surface area (Å²) in [6.07, 6.45) is 1.19. The van der Waals surface area contributed by atoms with Crippen LogP contribution < -0.4 is 5.32 Å². The summed E-state index contributed by atoms with van der Waals surface area (Å²) in [4.78, 5) is 38.5. The number of halogens is 1. The van der Waals surface area contributed by atoms with Gasteiger partial charge in [-0.15, -0.1) is 5.10 Å². The Labute approximate surface area is 221 Å². The number of ether oxygens (including phenoxy) is 2. The molecule has 0 saturated carbocycles. The van der Waals surface area contributed by atoms with Crippen molar-refractivity contribution in [3.63, 3.8) is 0 Å². The molecule has 0 saturated heterocycles. The fourth-order valence-electron chi connectivity index (χ4n) is 4.76. The molecule has 3 aromatic rings. The van der Waals surface area contributed by atoms with Crippen molar-refractivity contribution in [3.05, 3.63) is 41.0 Å². The highest BCUT2D eigenvalue weighted by molar-refractivity contribution is 6.02. The molecule has 0 aliphatic heterocycles. The highest BCUT2D eigenvalue weighted by Gasteiger charge is 2.35. The summed E-state index contributed by atoms with van der Waals surface area (Å²) in [7, 11) is 0. The molecule has 1 aliphatic carbocycles. The number of aryl methyl sites for hydroxylation is 1. The first-order valence-electron chi connectivity index (χ1n) is 12.6. The van der Waals surface area contributed by atoms with Crippen molar-refractivity contribution in [2.24, 2.45) is 5.41 Å². The Kier molecular flexibility index (Phi) is 6.45. The van der Waals surface area contributed by atoms with Crippen molar-refractivity contribution in [3.8, 4) is 5.69 Å². The zero-order chi connectivity index (χ0) is 28.4. The maximum atomic E-state index is 15.8. The van der Waals surface area contributed by atoms with Crippen LogP contribution in [-0.2, 0) is 15.9 Å². The van der Waals surface area contributed by atoms with Crippen LogP contribution in [0.3, 0.4) is 0 Å². The summed E-state index contributed by atoms with van der Waals surface area (Å²) in [6.45, 7) is 16.1. The van der Waals surface area contributed by atoms with E-state index in [2.05, 4.69) is 10.4 Å². The monoisotopic (exact) mass is 526 g/mol. The van der Waals surface area contributed by atoms with E-state index in [4.69, 9.17) is 9.47 Å². The number of benzene rings is 1. The summed E-state index contributed by atoms with van der Waals surface area (Å²) in [5.74, 6) is -0.831. The molecule has 0 atom stereocenters. The average molecular weight is 527 g/mol. The van der Waals surface area contributed by atoms with E-state index >= 15 is 4.39 Å². The number of amides is 1. The number of fused-ring (bicyclic) bond motifs is 2. The van der Waals surface area contributed by atoms with Crippen molar-refractivity contribution in [1.29, 1.82) is 0 Å². The van der Waals surface area contributed by atoms with E-state index < -0.39 is 29.2 Å². The largest absolute Gasteiger partial charge is 0.444 e. The SMILES string of the molecule is Cc1cn(-c2cc(F)c3c(NC(=O)OC(C)(C)C)nn(C(=O)OC(C)(C)C)c3c2)c2c1C(=O)CC(C)(C)C2. The van der Waals surface area contributed by atoms with Gasteiger partial charge in [-0.3, -0.25) is 10.1 Å².